The quantitative estimate of drug-likeness (QED) is 0.423. The lowest BCUT2D eigenvalue weighted by Gasteiger charge is -2.32. The molecule has 2 N–H and O–H groups in total. The van der Waals surface area contributed by atoms with Crippen molar-refractivity contribution in [1.82, 2.24) is 24.6 Å². The minimum atomic E-state index is -3.24. The van der Waals surface area contributed by atoms with E-state index in [0.717, 1.165) is 6.07 Å². The number of fused-ring (bicyclic) bond motifs is 3. The van der Waals surface area contributed by atoms with Crippen LogP contribution in [0.25, 0.3) is 16.7 Å². The lowest BCUT2D eigenvalue weighted by Crippen LogP contribution is -2.37. The van der Waals surface area contributed by atoms with Crippen LogP contribution in [0.1, 0.15) is 48.9 Å². The van der Waals surface area contributed by atoms with Crippen LogP contribution in [0, 0.1) is 5.82 Å². The maximum Gasteiger partial charge on any atom is 0.266 e. The average Bonchev–Trinajstić information content (AvgIpc) is 3.31. The maximum absolute atomic E-state index is 14.7. The molecule has 4 aromatic rings. The van der Waals surface area contributed by atoms with Crippen molar-refractivity contribution in [2.24, 2.45) is 0 Å². The third-order valence-corrected chi connectivity index (χ3v) is 8.09. The second-order valence-corrected chi connectivity index (χ2v) is 10.9. The summed E-state index contributed by atoms with van der Waals surface area (Å²) in [6, 6.07) is 4.70. The lowest BCUT2D eigenvalue weighted by atomic mass is 9.88. The van der Waals surface area contributed by atoms with Crippen molar-refractivity contribution in [3.63, 3.8) is 0 Å². The minimum Gasteiger partial charge on any atom is -0.385 e. The number of alkyl halides is 2. The number of pyridine rings is 1. The fraction of sp³-hybridized carbons (Fsp3) is 0.364. The third kappa shape index (κ3) is 4.08. The van der Waals surface area contributed by atoms with Crippen molar-refractivity contribution < 1.29 is 26.7 Å². The summed E-state index contributed by atoms with van der Waals surface area (Å²) in [6.45, 7) is 1.61. The number of hydrogen-bond acceptors (Lipinski definition) is 8. The van der Waals surface area contributed by atoms with Crippen LogP contribution in [-0.4, -0.2) is 49.6 Å². The first-order valence-corrected chi connectivity index (χ1v) is 12.7. The van der Waals surface area contributed by atoms with Gasteiger partial charge >= 0.3 is 0 Å². The predicted molar refractivity (Wildman–Crippen MR) is 121 cm³/mol. The molecular formula is C22H21F3N6O3S. The molecule has 4 heterocycles. The molecule has 1 aliphatic rings. The third-order valence-electron chi connectivity index (χ3n) is 6.44. The van der Waals surface area contributed by atoms with Gasteiger partial charge in [0, 0.05) is 11.1 Å². The second kappa shape index (κ2) is 8.41. The number of anilines is 1. The molecule has 0 saturated carbocycles. The molecule has 3 aromatic heterocycles. The number of rotatable bonds is 5. The number of sulfone groups is 1. The number of aliphatic hydroxyl groups is 1. The van der Waals surface area contributed by atoms with Crippen molar-refractivity contribution in [1.29, 1.82) is 0 Å². The van der Waals surface area contributed by atoms with Crippen LogP contribution in [0.2, 0.25) is 0 Å². The molecule has 1 aromatic carbocycles. The topological polar surface area (TPSA) is 122 Å². The van der Waals surface area contributed by atoms with Crippen LogP contribution in [0.15, 0.2) is 36.9 Å². The van der Waals surface area contributed by atoms with Gasteiger partial charge in [-0.1, -0.05) is 18.2 Å². The van der Waals surface area contributed by atoms with Gasteiger partial charge in [0.05, 0.1) is 34.1 Å². The van der Waals surface area contributed by atoms with E-state index in [1.807, 2.05) is 0 Å². The van der Waals surface area contributed by atoms with Gasteiger partial charge in [0.2, 0.25) is 0 Å². The summed E-state index contributed by atoms with van der Waals surface area (Å²) in [4.78, 5) is 8.55. The van der Waals surface area contributed by atoms with Gasteiger partial charge in [-0.2, -0.15) is 0 Å². The molecule has 0 bridgehead atoms. The molecule has 5 rings (SSSR count). The average molecular weight is 507 g/mol. The molecule has 0 spiro atoms. The van der Waals surface area contributed by atoms with Crippen LogP contribution in [0.5, 0.6) is 0 Å². The predicted octanol–water partition coefficient (Wildman–Crippen LogP) is 3.32. The Kier molecular flexibility index (Phi) is 5.63. The zero-order chi connectivity index (χ0) is 25.0. The Hall–Kier alpha value is -3.32. The van der Waals surface area contributed by atoms with E-state index in [1.54, 1.807) is 17.4 Å². The maximum atomic E-state index is 14.7. The molecule has 1 fully saturated rings. The normalized spacial score (nSPS) is 18.2. The van der Waals surface area contributed by atoms with E-state index >= 15 is 0 Å². The standard InChI is InChI=1S/C22H21F3N6O3S/c1-12(13-3-2-4-14(17(13)23)18(24)25)29-19-15-9-16(22(32)5-7-35(33,34)8-6-22)21-30-28-11-31(21)20(15)27-10-26-19/h2-4,9-12,18,32H,5-8H2,1H3,(H,26,27,29)/t12-/m1/s1. The number of nitrogens with zero attached hydrogens (tertiary/aromatic N) is 5. The van der Waals surface area contributed by atoms with Crippen molar-refractivity contribution >= 4 is 32.3 Å². The molecule has 35 heavy (non-hydrogen) atoms. The molecule has 0 aliphatic carbocycles. The van der Waals surface area contributed by atoms with E-state index in [4.69, 9.17) is 0 Å². The fourth-order valence-corrected chi connectivity index (χ4v) is 5.95. The molecule has 1 atom stereocenters. The molecule has 9 nitrogen and oxygen atoms in total. The number of halogens is 3. The highest BCUT2D eigenvalue weighted by Gasteiger charge is 2.39. The Morgan fingerprint density at radius 1 is 1.14 bits per heavy atom. The summed E-state index contributed by atoms with van der Waals surface area (Å²) >= 11 is 0. The van der Waals surface area contributed by atoms with Crippen LogP contribution < -0.4 is 5.32 Å². The van der Waals surface area contributed by atoms with Crippen molar-refractivity contribution in [2.75, 3.05) is 16.8 Å². The van der Waals surface area contributed by atoms with Crippen molar-refractivity contribution in [2.45, 2.75) is 37.8 Å². The van der Waals surface area contributed by atoms with E-state index in [0.29, 0.717) is 22.2 Å². The monoisotopic (exact) mass is 506 g/mol. The Bertz CT molecular complexity index is 1530. The first-order chi connectivity index (χ1) is 16.6. The summed E-state index contributed by atoms with van der Waals surface area (Å²) < 4.78 is 66.5. The lowest BCUT2D eigenvalue weighted by molar-refractivity contribution is 0.0274. The number of nitrogens with one attached hydrogen (secondary N) is 1. The van der Waals surface area contributed by atoms with Crippen LogP contribution in [0.3, 0.4) is 0 Å². The second-order valence-electron chi connectivity index (χ2n) is 8.64. The summed E-state index contributed by atoms with van der Waals surface area (Å²) in [5.74, 6) is -1.07. The summed E-state index contributed by atoms with van der Waals surface area (Å²) in [7, 11) is -3.24. The van der Waals surface area contributed by atoms with Crippen LogP contribution in [-0.2, 0) is 15.4 Å². The summed E-state index contributed by atoms with van der Waals surface area (Å²) in [5.41, 5.74) is -1.03. The Morgan fingerprint density at radius 2 is 1.86 bits per heavy atom. The molecule has 1 saturated heterocycles. The Balaban J connectivity index is 1.61. The first kappa shape index (κ1) is 23.4. The zero-order valence-electron chi connectivity index (χ0n) is 18.5. The SMILES string of the molecule is C[C@@H](Nc1ncnc2c1cc(C1(O)CCS(=O)(=O)CC1)c1nncn12)c1cccc(C(F)F)c1F. The zero-order valence-corrected chi connectivity index (χ0v) is 19.3. The van der Waals surface area contributed by atoms with Crippen molar-refractivity contribution in [3.8, 4) is 0 Å². The highest BCUT2D eigenvalue weighted by atomic mass is 32.2. The highest BCUT2D eigenvalue weighted by Crippen LogP contribution is 2.38. The van der Waals surface area contributed by atoms with Gasteiger partial charge in [-0.05, 0) is 25.8 Å². The molecule has 0 amide bonds. The largest absolute Gasteiger partial charge is 0.385 e. The van der Waals surface area contributed by atoms with Gasteiger partial charge in [0.25, 0.3) is 6.43 Å². The Morgan fingerprint density at radius 3 is 2.57 bits per heavy atom. The first-order valence-electron chi connectivity index (χ1n) is 10.8. The van der Waals surface area contributed by atoms with E-state index in [9.17, 15) is 26.7 Å². The van der Waals surface area contributed by atoms with E-state index in [2.05, 4.69) is 25.5 Å². The van der Waals surface area contributed by atoms with E-state index in [1.165, 1.54) is 24.8 Å². The summed E-state index contributed by atoms with van der Waals surface area (Å²) in [6.07, 6.45) is -0.281. The van der Waals surface area contributed by atoms with Crippen molar-refractivity contribution in [3.05, 3.63) is 59.4 Å². The van der Waals surface area contributed by atoms with E-state index < -0.39 is 39.3 Å². The smallest absolute Gasteiger partial charge is 0.266 e. The fourth-order valence-electron chi connectivity index (χ4n) is 4.45. The van der Waals surface area contributed by atoms with Gasteiger partial charge in [0.1, 0.15) is 24.3 Å². The molecular weight excluding hydrogens is 485 g/mol. The number of hydrogen-bond donors (Lipinski definition) is 2. The van der Waals surface area contributed by atoms with Crippen LogP contribution in [0.4, 0.5) is 19.0 Å². The van der Waals surface area contributed by atoms with Gasteiger partial charge in [0.15, 0.2) is 21.1 Å². The Labute approximate surface area is 198 Å². The van der Waals surface area contributed by atoms with Gasteiger partial charge in [-0.15, -0.1) is 10.2 Å². The van der Waals surface area contributed by atoms with E-state index in [-0.39, 0.29) is 35.7 Å². The molecule has 13 heteroatoms. The van der Waals surface area contributed by atoms with Crippen LogP contribution >= 0.6 is 0 Å². The van der Waals surface area contributed by atoms with Gasteiger partial charge in [-0.3, -0.25) is 4.40 Å². The number of aromatic nitrogens is 5. The number of benzene rings is 1. The highest BCUT2D eigenvalue weighted by molar-refractivity contribution is 7.91. The molecule has 184 valence electrons. The molecule has 0 unspecified atom stereocenters. The summed E-state index contributed by atoms with van der Waals surface area (Å²) in [5, 5.41) is 22.9. The molecule has 1 aliphatic heterocycles. The molecule has 0 radical (unpaired) electrons. The van der Waals surface area contributed by atoms with Gasteiger partial charge in [-0.25, -0.2) is 31.6 Å². The minimum absolute atomic E-state index is 0.0121. The van der Waals surface area contributed by atoms with Gasteiger partial charge < -0.3 is 10.4 Å².